The van der Waals surface area contributed by atoms with Gasteiger partial charge in [-0.05, 0) is 0 Å². The fourth-order valence-electron chi connectivity index (χ4n) is 2.02. The standard InChI is InChI=1S/C9H21BNO7P/c1-14-5-6-7(18-19(2,12)13)8(9(10)17-6)15-3-4-16-11/h6-9H,3-5,10-11H2,1-2H3,(H,12,13)/t6-,7?,8+,9-/m1/s1. The van der Waals surface area contributed by atoms with E-state index >= 15 is 0 Å². The Labute approximate surface area is 113 Å². The first-order valence-corrected chi connectivity index (χ1v) is 7.98. The van der Waals surface area contributed by atoms with Crippen LogP contribution in [0.3, 0.4) is 0 Å². The van der Waals surface area contributed by atoms with Gasteiger partial charge in [0.25, 0.3) is 0 Å². The molecule has 0 aromatic rings. The fraction of sp³-hybridized carbons (Fsp3) is 1.00. The highest BCUT2D eigenvalue weighted by Crippen LogP contribution is 2.42. The molecule has 8 nitrogen and oxygen atoms in total. The number of methoxy groups -OCH3 is 1. The molecule has 0 aromatic carbocycles. The highest BCUT2D eigenvalue weighted by molar-refractivity contribution is 7.51. The summed E-state index contributed by atoms with van der Waals surface area (Å²) in [6.45, 7) is 1.84. The van der Waals surface area contributed by atoms with Crippen molar-refractivity contribution >= 4 is 15.4 Å². The smallest absolute Gasteiger partial charge is 0.325 e. The Morgan fingerprint density at radius 3 is 2.63 bits per heavy atom. The molecule has 0 aliphatic carbocycles. The third-order valence-electron chi connectivity index (χ3n) is 2.70. The molecule has 0 radical (unpaired) electrons. The molecule has 1 heterocycles. The highest BCUT2D eigenvalue weighted by atomic mass is 31.2. The van der Waals surface area contributed by atoms with Crippen molar-refractivity contribution in [2.75, 3.05) is 33.6 Å². The Kier molecular flexibility index (Phi) is 6.92. The van der Waals surface area contributed by atoms with Crippen LogP contribution in [0, 0.1) is 0 Å². The molecule has 0 aromatic heterocycles. The van der Waals surface area contributed by atoms with E-state index in [9.17, 15) is 9.46 Å². The third-order valence-corrected chi connectivity index (χ3v) is 3.34. The molecule has 3 N–H and O–H groups in total. The van der Waals surface area contributed by atoms with Gasteiger partial charge in [0, 0.05) is 13.8 Å². The van der Waals surface area contributed by atoms with Crippen LogP contribution in [0.25, 0.3) is 0 Å². The number of hydrogen-bond donors (Lipinski definition) is 2. The van der Waals surface area contributed by atoms with Crippen molar-refractivity contribution in [1.82, 2.24) is 0 Å². The van der Waals surface area contributed by atoms with Crippen LogP contribution in [-0.4, -0.2) is 70.7 Å². The predicted molar refractivity (Wildman–Crippen MR) is 69.6 cm³/mol. The summed E-state index contributed by atoms with van der Waals surface area (Å²) in [5.41, 5.74) is 0. The van der Waals surface area contributed by atoms with Crippen LogP contribution in [0.5, 0.6) is 0 Å². The van der Waals surface area contributed by atoms with Gasteiger partial charge in [-0.2, -0.15) is 0 Å². The SMILES string of the molecule is B[C@@H]1O[C@H](COC)C(OP(C)(=O)O)[C@@H]1OCCON. The van der Waals surface area contributed by atoms with Gasteiger partial charge in [-0.25, -0.2) is 5.90 Å². The Morgan fingerprint density at radius 2 is 2.11 bits per heavy atom. The van der Waals surface area contributed by atoms with E-state index in [1.807, 2.05) is 0 Å². The normalized spacial score (nSPS) is 34.3. The molecule has 10 heteroatoms. The van der Waals surface area contributed by atoms with Crippen molar-refractivity contribution in [2.45, 2.75) is 24.3 Å². The van der Waals surface area contributed by atoms with E-state index in [1.54, 1.807) is 7.85 Å². The second kappa shape index (κ2) is 7.71. The van der Waals surface area contributed by atoms with Gasteiger partial charge in [-0.3, -0.25) is 9.09 Å². The predicted octanol–water partition coefficient (Wildman–Crippen LogP) is -1.53. The van der Waals surface area contributed by atoms with Gasteiger partial charge in [0.05, 0.1) is 25.8 Å². The summed E-state index contributed by atoms with van der Waals surface area (Å²) in [4.78, 5) is 13.8. The van der Waals surface area contributed by atoms with Gasteiger partial charge in [0.2, 0.25) is 0 Å². The zero-order chi connectivity index (χ0) is 14.5. The Balaban J connectivity index is 2.70. The first kappa shape index (κ1) is 17.1. The van der Waals surface area contributed by atoms with E-state index in [-0.39, 0.29) is 25.8 Å². The van der Waals surface area contributed by atoms with Crippen molar-refractivity contribution < 1.29 is 33.0 Å². The zero-order valence-corrected chi connectivity index (χ0v) is 12.2. The lowest BCUT2D eigenvalue weighted by Gasteiger charge is -2.24. The minimum atomic E-state index is -3.65. The molecule has 1 aliphatic rings. The second-order valence-electron chi connectivity index (χ2n) is 4.41. The summed E-state index contributed by atoms with van der Waals surface area (Å²) in [5, 5.41) is 0. The molecule has 0 bridgehead atoms. The molecule has 1 rings (SSSR count). The summed E-state index contributed by atoms with van der Waals surface area (Å²) in [7, 11) is -0.327. The molecule has 0 amide bonds. The molecule has 1 aliphatic heterocycles. The minimum Gasteiger partial charge on any atom is -0.382 e. The number of ether oxygens (including phenoxy) is 3. The molecule has 19 heavy (non-hydrogen) atoms. The van der Waals surface area contributed by atoms with E-state index in [0.29, 0.717) is 0 Å². The van der Waals surface area contributed by atoms with Crippen molar-refractivity contribution in [1.29, 1.82) is 0 Å². The number of nitrogens with two attached hydrogens (primary N) is 1. The van der Waals surface area contributed by atoms with Crippen LogP contribution in [0.15, 0.2) is 0 Å². The van der Waals surface area contributed by atoms with Crippen molar-refractivity contribution in [3.05, 3.63) is 0 Å². The summed E-state index contributed by atoms with van der Waals surface area (Å²) in [5.74, 6) is 4.91. The van der Waals surface area contributed by atoms with Crippen molar-refractivity contribution in [3.63, 3.8) is 0 Å². The topological polar surface area (TPSA) is 109 Å². The maximum Gasteiger partial charge on any atom is 0.325 e. The van der Waals surface area contributed by atoms with Gasteiger partial charge in [0.15, 0.2) is 0 Å². The molecule has 1 fully saturated rings. The van der Waals surface area contributed by atoms with E-state index in [0.717, 1.165) is 6.66 Å². The van der Waals surface area contributed by atoms with E-state index in [2.05, 4.69) is 4.84 Å². The quantitative estimate of drug-likeness (QED) is 0.240. The monoisotopic (exact) mass is 297 g/mol. The summed E-state index contributed by atoms with van der Waals surface area (Å²) in [6, 6.07) is -0.283. The summed E-state index contributed by atoms with van der Waals surface area (Å²) < 4.78 is 32.8. The molecule has 0 spiro atoms. The van der Waals surface area contributed by atoms with Gasteiger partial charge in [0.1, 0.15) is 26.2 Å². The lowest BCUT2D eigenvalue weighted by atomic mass is 9.93. The third kappa shape index (κ3) is 5.49. The van der Waals surface area contributed by atoms with Gasteiger partial charge < -0.3 is 23.9 Å². The molecular formula is C9H21BNO7P. The summed E-state index contributed by atoms with van der Waals surface area (Å²) in [6.07, 6.45) is -1.60. The Hall–Kier alpha value is 0.0149. The van der Waals surface area contributed by atoms with E-state index in [4.69, 9.17) is 24.6 Å². The first-order chi connectivity index (χ1) is 8.89. The summed E-state index contributed by atoms with van der Waals surface area (Å²) >= 11 is 0. The van der Waals surface area contributed by atoms with Crippen LogP contribution in [-0.2, 0) is 28.1 Å². The molecule has 5 atom stereocenters. The largest absolute Gasteiger partial charge is 0.382 e. The maximum absolute atomic E-state index is 11.4. The Morgan fingerprint density at radius 1 is 1.42 bits per heavy atom. The van der Waals surface area contributed by atoms with E-state index < -0.39 is 25.9 Å². The van der Waals surface area contributed by atoms with Crippen LogP contribution < -0.4 is 5.90 Å². The van der Waals surface area contributed by atoms with Gasteiger partial charge >= 0.3 is 7.60 Å². The van der Waals surface area contributed by atoms with Crippen LogP contribution in [0.2, 0.25) is 0 Å². The molecule has 1 saturated heterocycles. The lowest BCUT2D eigenvalue weighted by Crippen LogP contribution is -2.39. The maximum atomic E-state index is 11.4. The minimum absolute atomic E-state index is 0.216. The number of hydrogen-bond acceptors (Lipinski definition) is 7. The molecule has 0 saturated carbocycles. The fourth-order valence-corrected chi connectivity index (χ4v) is 2.73. The first-order valence-electron chi connectivity index (χ1n) is 5.95. The van der Waals surface area contributed by atoms with Crippen LogP contribution >= 0.6 is 7.60 Å². The molecule has 112 valence electrons. The van der Waals surface area contributed by atoms with Crippen molar-refractivity contribution in [2.24, 2.45) is 5.90 Å². The average molecular weight is 297 g/mol. The number of rotatable bonds is 8. The molecule has 2 unspecified atom stereocenters. The van der Waals surface area contributed by atoms with Crippen molar-refractivity contribution in [3.8, 4) is 0 Å². The second-order valence-corrected chi connectivity index (χ2v) is 6.23. The lowest BCUT2D eigenvalue weighted by molar-refractivity contribution is -0.0414. The highest BCUT2D eigenvalue weighted by Gasteiger charge is 2.46. The van der Waals surface area contributed by atoms with Gasteiger partial charge in [-0.1, -0.05) is 0 Å². The zero-order valence-electron chi connectivity index (χ0n) is 11.4. The van der Waals surface area contributed by atoms with Gasteiger partial charge in [-0.15, -0.1) is 0 Å². The average Bonchev–Trinajstić information content (AvgIpc) is 2.56. The van der Waals surface area contributed by atoms with Crippen LogP contribution in [0.4, 0.5) is 0 Å². The molecular weight excluding hydrogens is 276 g/mol. The van der Waals surface area contributed by atoms with E-state index in [1.165, 1.54) is 7.11 Å². The Bertz CT molecular complexity index is 315. The van der Waals surface area contributed by atoms with Crippen LogP contribution in [0.1, 0.15) is 0 Å².